The van der Waals surface area contributed by atoms with Crippen LogP contribution in [0.1, 0.15) is 39.1 Å². The Bertz CT molecular complexity index is 629. The van der Waals surface area contributed by atoms with E-state index in [4.69, 9.17) is 0 Å². The number of imide groups is 1. The quantitative estimate of drug-likeness (QED) is 0.622. The SMILES string of the molecule is O=C1c2ccccc2C(=O)N1CCCCc1ccccc1. The van der Waals surface area contributed by atoms with E-state index in [0.717, 1.165) is 19.3 Å². The fourth-order valence-electron chi connectivity index (χ4n) is 2.69. The first-order valence-corrected chi connectivity index (χ1v) is 7.26. The lowest BCUT2D eigenvalue weighted by atomic mass is 10.1. The molecule has 0 saturated heterocycles. The van der Waals surface area contributed by atoms with Gasteiger partial charge in [-0.25, -0.2) is 0 Å². The van der Waals surface area contributed by atoms with Gasteiger partial charge in [0.2, 0.25) is 0 Å². The van der Waals surface area contributed by atoms with Crippen molar-refractivity contribution in [2.45, 2.75) is 19.3 Å². The molecule has 0 N–H and O–H groups in total. The predicted octanol–water partition coefficient (Wildman–Crippen LogP) is 3.31. The molecule has 106 valence electrons. The third-order valence-electron chi connectivity index (χ3n) is 3.82. The minimum atomic E-state index is -0.157. The monoisotopic (exact) mass is 279 g/mol. The van der Waals surface area contributed by atoms with Gasteiger partial charge in [-0.15, -0.1) is 0 Å². The van der Waals surface area contributed by atoms with E-state index in [0.29, 0.717) is 17.7 Å². The second-order valence-electron chi connectivity index (χ2n) is 5.25. The molecule has 3 rings (SSSR count). The molecule has 3 heteroatoms. The van der Waals surface area contributed by atoms with Crippen LogP contribution in [-0.2, 0) is 6.42 Å². The van der Waals surface area contributed by atoms with E-state index in [-0.39, 0.29) is 11.8 Å². The fourth-order valence-corrected chi connectivity index (χ4v) is 2.69. The number of benzene rings is 2. The number of unbranched alkanes of at least 4 members (excludes halogenated alkanes) is 1. The molecule has 2 aromatic rings. The number of carbonyl (C=O) groups excluding carboxylic acids is 2. The van der Waals surface area contributed by atoms with Gasteiger partial charge in [0.1, 0.15) is 0 Å². The highest BCUT2D eigenvalue weighted by Gasteiger charge is 2.34. The molecule has 2 amide bonds. The molecule has 1 heterocycles. The Balaban J connectivity index is 1.55. The number of amides is 2. The summed E-state index contributed by atoms with van der Waals surface area (Å²) in [6.07, 6.45) is 2.78. The third kappa shape index (κ3) is 2.72. The van der Waals surface area contributed by atoms with Crippen molar-refractivity contribution in [2.24, 2.45) is 0 Å². The van der Waals surface area contributed by atoms with Crippen molar-refractivity contribution in [2.75, 3.05) is 6.54 Å². The molecule has 0 fully saturated rings. The van der Waals surface area contributed by atoms with Crippen molar-refractivity contribution in [1.82, 2.24) is 4.90 Å². The molecule has 21 heavy (non-hydrogen) atoms. The normalized spacial score (nSPS) is 13.6. The second kappa shape index (κ2) is 5.92. The first-order valence-electron chi connectivity index (χ1n) is 7.26. The summed E-state index contributed by atoms with van der Waals surface area (Å²) in [6, 6.07) is 17.3. The molecule has 0 radical (unpaired) electrons. The van der Waals surface area contributed by atoms with Crippen LogP contribution in [0.3, 0.4) is 0 Å². The minimum absolute atomic E-state index is 0.157. The Morgan fingerprint density at radius 2 is 1.29 bits per heavy atom. The van der Waals surface area contributed by atoms with Crippen LogP contribution in [0.2, 0.25) is 0 Å². The van der Waals surface area contributed by atoms with Gasteiger partial charge in [-0.2, -0.15) is 0 Å². The maximum absolute atomic E-state index is 12.2. The Kier molecular flexibility index (Phi) is 3.82. The molecule has 0 saturated carbocycles. The predicted molar refractivity (Wildman–Crippen MR) is 81.2 cm³/mol. The smallest absolute Gasteiger partial charge is 0.261 e. The maximum Gasteiger partial charge on any atom is 0.261 e. The van der Waals surface area contributed by atoms with Gasteiger partial charge in [0.15, 0.2) is 0 Å². The molecule has 0 aliphatic carbocycles. The Morgan fingerprint density at radius 1 is 0.714 bits per heavy atom. The van der Waals surface area contributed by atoms with Crippen LogP contribution in [0.25, 0.3) is 0 Å². The van der Waals surface area contributed by atoms with Crippen LogP contribution in [0.5, 0.6) is 0 Å². The standard InChI is InChI=1S/C18H17NO2/c20-17-15-11-4-5-12-16(15)18(21)19(17)13-7-6-10-14-8-2-1-3-9-14/h1-5,8-9,11-12H,6-7,10,13H2. The maximum atomic E-state index is 12.2. The van der Waals surface area contributed by atoms with Gasteiger partial charge in [0.05, 0.1) is 11.1 Å². The van der Waals surface area contributed by atoms with Gasteiger partial charge in [-0.05, 0) is 37.0 Å². The summed E-state index contributed by atoms with van der Waals surface area (Å²) in [7, 11) is 0. The van der Waals surface area contributed by atoms with Crippen molar-refractivity contribution >= 4 is 11.8 Å². The van der Waals surface area contributed by atoms with Crippen LogP contribution in [0.4, 0.5) is 0 Å². The average Bonchev–Trinajstić information content (AvgIpc) is 2.77. The van der Waals surface area contributed by atoms with Crippen molar-refractivity contribution in [3.05, 3.63) is 71.3 Å². The lowest BCUT2D eigenvalue weighted by Crippen LogP contribution is -2.30. The van der Waals surface area contributed by atoms with Crippen molar-refractivity contribution in [1.29, 1.82) is 0 Å². The number of hydrogen-bond donors (Lipinski definition) is 0. The van der Waals surface area contributed by atoms with Gasteiger partial charge in [-0.1, -0.05) is 42.5 Å². The molecule has 0 bridgehead atoms. The van der Waals surface area contributed by atoms with Crippen LogP contribution >= 0.6 is 0 Å². The summed E-state index contributed by atoms with van der Waals surface area (Å²) < 4.78 is 0. The first-order chi connectivity index (χ1) is 10.3. The molecule has 2 aromatic carbocycles. The van der Waals surface area contributed by atoms with Crippen LogP contribution in [0, 0.1) is 0 Å². The third-order valence-corrected chi connectivity index (χ3v) is 3.82. The molecule has 0 aromatic heterocycles. The van der Waals surface area contributed by atoms with E-state index >= 15 is 0 Å². The highest BCUT2D eigenvalue weighted by Crippen LogP contribution is 2.22. The van der Waals surface area contributed by atoms with Crippen LogP contribution < -0.4 is 0 Å². The molecule has 0 atom stereocenters. The number of carbonyl (C=O) groups is 2. The number of nitrogens with zero attached hydrogens (tertiary/aromatic N) is 1. The van der Waals surface area contributed by atoms with Gasteiger partial charge < -0.3 is 0 Å². The number of hydrogen-bond acceptors (Lipinski definition) is 2. The zero-order chi connectivity index (χ0) is 14.7. The Morgan fingerprint density at radius 3 is 1.90 bits per heavy atom. The Hall–Kier alpha value is -2.42. The summed E-state index contributed by atoms with van der Waals surface area (Å²) in [6.45, 7) is 0.499. The molecule has 1 aliphatic heterocycles. The van der Waals surface area contributed by atoms with E-state index in [1.54, 1.807) is 24.3 Å². The molecule has 0 unspecified atom stereocenters. The lowest BCUT2D eigenvalue weighted by molar-refractivity contribution is 0.0652. The molecular formula is C18H17NO2. The summed E-state index contributed by atoms with van der Waals surface area (Å²) >= 11 is 0. The molecular weight excluding hydrogens is 262 g/mol. The zero-order valence-corrected chi connectivity index (χ0v) is 11.8. The van der Waals surface area contributed by atoms with Crippen LogP contribution in [0.15, 0.2) is 54.6 Å². The van der Waals surface area contributed by atoms with Crippen LogP contribution in [-0.4, -0.2) is 23.3 Å². The topological polar surface area (TPSA) is 37.4 Å². The van der Waals surface area contributed by atoms with Gasteiger partial charge in [0, 0.05) is 6.54 Å². The minimum Gasteiger partial charge on any atom is -0.274 e. The highest BCUT2D eigenvalue weighted by atomic mass is 16.2. The van der Waals surface area contributed by atoms with E-state index in [1.807, 2.05) is 18.2 Å². The van der Waals surface area contributed by atoms with Gasteiger partial charge in [0.25, 0.3) is 11.8 Å². The van der Waals surface area contributed by atoms with E-state index in [9.17, 15) is 9.59 Å². The van der Waals surface area contributed by atoms with Crippen molar-refractivity contribution in [3.63, 3.8) is 0 Å². The summed E-state index contributed by atoms with van der Waals surface area (Å²) in [5, 5.41) is 0. The van der Waals surface area contributed by atoms with Crippen molar-refractivity contribution in [3.8, 4) is 0 Å². The van der Waals surface area contributed by atoms with Gasteiger partial charge in [-0.3, -0.25) is 14.5 Å². The second-order valence-corrected chi connectivity index (χ2v) is 5.25. The fraction of sp³-hybridized carbons (Fsp3) is 0.222. The zero-order valence-electron chi connectivity index (χ0n) is 11.8. The summed E-state index contributed by atoms with van der Waals surface area (Å²) in [5.74, 6) is -0.314. The van der Waals surface area contributed by atoms with E-state index < -0.39 is 0 Å². The van der Waals surface area contributed by atoms with E-state index in [1.165, 1.54) is 10.5 Å². The first kappa shape index (κ1) is 13.6. The number of aryl methyl sites for hydroxylation is 1. The molecule has 0 spiro atoms. The average molecular weight is 279 g/mol. The lowest BCUT2D eigenvalue weighted by Gasteiger charge is -2.13. The molecule has 1 aliphatic rings. The van der Waals surface area contributed by atoms with E-state index in [2.05, 4.69) is 12.1 Å². The largest absolute Gasteiger partial charge is 0.274 e. The summed E-state index contributed by atoms with van der Waals surface area (Å²) in [4.78, 5) is 25.7. The number of fused-ring (bicyclic) bond motifs is 1. The van der Waals surface area contributed by atoms with Crippen molar-refractivity contribution < 1.29 is 9.59 Å². The van der Waals surface area contributed by atoms with Gasteiger partial charge >= 0.3 is 0 Å². The highest BCUT2D eigenvalue weighted by molar-refractivity contribution is 6.21. The molecule has 3 nitrogen and oxygen atoms in total. The number of rotatable bonds is 5. The Labute approximate surface area is 124 Å². The summed E-state index contributed by atoms with van der Waals surface area (Å²) in [5.41, 5.74) is 2.36.